The zero-order chi connectivity index (χ0) is 19.5. The zero-order valence-electron chi connectivity index (χ0n) is 15.9. The van der Waals surface area contributed by atoms with Crippen LogP contribution in [0.5, 0.6) is 5.75 Å². The lowest BCUT2D eigenvalue weighted by molar-refractivity contribution is -0.144. The van der Waals surface area contributed by atoms with E-state index in [0.717, 1.165) is 34.4 Å². The molecule has 0 atom stereocenters. The van der Waals surface area contributed by atoms with Gasteiger partial charge in [0.25, 0.3) is 0 Å². The molecule has 0 spiro atoms. The van der Waals surface area contributed by atoms with Crippen LogP contribution in [-0.2, 0) is 35.4 Å². The Bertz CT molecular complexity index is 998. The van der Waals surface area contributed by atoms with Gasteiger partial charge in [-0.2, -0.15) is 0 Å². The molecule has 0 aliphatic heterocycles. The van der Waals surface area contributed by atoms with E-state index in [1.54, 1.807) is 18.4 Å². The number of aromatic nitrogens is 2. The van der Waals surface area contributed by atoms with Crippen LogP contribution >= 0.6 is 11.3 Å². The first-order valence-electron chi connectivity index (χ1n) is 9.49. The first-order chi connectivity index (χ1) is 13.6. The molecule has 4 rings (SSSR count). The zero-order valence-corrected chi connectivity index (χ0v) is 16.7. The fraction of sp³-hybridized carbons (Fsp3) is 0.381. The van der Waals surface area contributed by atoms with Crippen LogP contribution in [0.2, 0.25) is 0 Å². The number of anilines is 1. The van der Waals surface area contributed by atoms with E-state index in [4.69, 9.17) is 15.2 Å². The number of carbonyl (C=O) groups is 1. The molecule has 1 aliphatic rings. The Morgan fingerprint density at radius 3 is 2.71 bits per heavy atom. The van der Waals surface area contributed by atoms with Crippen LogP contribution in [0.1, 0.15) is 41.1 Å². The van der Waals surface area contributed by atoms with Gasteiger partial charge in [-0.25, -0.2) is 9.97 Å². The Hall–Kier alpha value is -2.67. The van der Waals surface area contributed by atoms with Gasteiger partial charge in [-0.05, 0) is 48.9 Å². The number of nitrogen functional groups attached to an aromatic ring is 1. The van der Waals surface area contributed by atoms with Crippen LogP contribution in [0.25, 0.3) is 10.2 Å². The maximum absolute atomic E-state index is 12.1. The number of ether oxygens (including phenoxy) is 2. The highest BCUT2D eigenvalue weighted by atomic mass is 32.1. The molecule has 2 heterocycles. The molecule has 0 radical (unpaired) electrons. The molecule has 1 aromatic carbocycles. The normalized spacial score (nSPS) is 13.8. The van der Waals surface area contributed by atoms with Gasteiger partial charge in [-0.3, -0.25) is 4.79 Å². The molecule has 2 N–H and O–H groups in total. The fourth-order valence-electron chi connectivity index (χ4n) is 3.58. The molecular weight excluding hydrogens is 374 g/mol. The molecule has 0 amide bonds. The molecule has 6 nitrogen and oxygen atoms in total. The third kappa shape index (κ3) is 3.94. The molecule has 0 unspecified atom stereocenters. The summed E-state index contributed by atoms with van der Waals surface area (Å²) in [5.41, 5.74) is 8.42. The number of hydrogen-bond donors (Lipinski definition) is 1. The molecule has 28 heavy (non-hydrogen) atoms. The summed E-state index contributed by atoms with van der Waals surface area (Å²) in [6, 6.07) is 7.33. The Balaban J connectivity index is 1.45. The summed E-state index contributed by atoms with van der Waals surface area (Å²) >= 11 is 1.70. The van der Waals surface area contributed by atoms with Crippen molar-refractivity contribution >= 4 is 33.3 Å². The molecule has 2 aromatic heterocycles. The van der Waals surface area contributed by atoms with Gasteiger partial charge >= 0.3 is 5.97 Å². The smallest absolute Gasteiger partial charge is 0.310 e. The maximum Gasteiger partial charge on any atom is 0.310 e. The second kappa shape index (κ2) is 8.14. The number of aryl methyl sites for hydroxylation is 2. The average molecular weight is 398 g/mol. The standard InChI is InChI=1S/C21H23N3O3S/c1-26-14-9-7-13(8-10-14)11-18(25)27-12-17-23-20(22)19-15-5-3-2-4-6-16(15)28-21(19)24-17/h7-10H,2-6,11-12H2,1H3,(H2,22,23,24). The number of methoxy groups -OCH3 is 1. The molecule has 0 saturated carbocycles. The fourth-order valence-corrected chi connectivity index (χ4v) is 4.87. The summed E-state index contributed by atoms with van der Waals surface area (Å²) in [6.07, 6.45) is 5.97. The van der Waals surface area contributed by atoms with Crippen molar-refractivity contribution < 1.29 is 14.3 Å². The van der Waals surface area contributed by atoms with Gasteiger partial charge in [-0.15, -0.1) is 11.3 Å². The lowest BCUT2D eigenvalue weighted by atomic mass is 10.1. The molecule has 7 heteroatoms. The summed E-state index contributed by atoms with van der Waals surface area (Å²) in [4.78, 5) is 23.4. The van der Waals surface area contributed by atoms with Gasteiger partial charge in [0.2, 0.25) is 0 Å². The number of nitrogens with two attached hydrogens (primary N) is 1. The monoisotopic (exact) mass is 397 g/mol. The van der Waals surface area contributed by atoms with Crippen molar-refractivity contribution in [3.05, 3.63) is 46.1 Å². The van der Waals surface area contributed by atoms with E-state index in [1.807, 2.05) is 24.3 Å². The number of carbonyl (C=O) groups excluding carboxylic acids is 1. The van der Waals surface area contributed by atoms with E-state index in [1.165, 1.54) is 29.7 Å². The highest BCUT2D eigenvalue weighted by molar-refractivity contribution is 7.19. The molecule has 0 saturated heterocycles. The molecule has 3 aromatic rings. The van der Waals surface area contributed by atoms with Crippen LogP contribution in [0, 0.1) is 0 Å². The molecule has 1 aliphatic carbocycles. The summed E-state index contributed by atoms with van der Waals surface area (Å²) < 4.78 is 10.5. The first kappa shape index (κ1) is 18.7. The van der Waals surface area contributed by atoms with Crippen molar-refractivity contribution in [1.29, 1.82) is 0 Å². The van der Waals surface area contributed by atoms with Crippen LogP contribution in [-0.4, -0.2) is 23.0 Å². The molecule has 0 fully saturated rings. The molecule has 146 valence electrons. The van der Waals surface area contributed by atoms with Crippen LogP contribution in [0.4, 0.5) is 5.82 Å². The SMILES string of the molecule is COc1ccc(CC(=O)OCc2nc(N)c3c4c(sc3n2)CCCCC4)cc1. The Morgan fingerprint density at radius 1 is 1.14 bits per heavy atom. The number of nitrogens with zero attached hydrogens (tertiary/aromatic N) is 2. The van der Waals surface area contributed by atoms with Crippen molar-refractivity contribution in [3.63, 3.8) is 0 Å². The van der Waals surface area contributed by atoms with Crippen LogP contribution in [0.3, 0.4) is 0 Å². The maximum atomic E-state index is 12.1. The van der Waals surface area contributed by atoms with Gasteiger partial charge in [0.1, 0.15) is 16.4 Å². The largest absolute Gasteiger partial charge is 0.497 e. The third-order valence-electron chi connectivity index (χ3n) is 5.01. The van der Waals surface area contributed by atoms with Crippen molar-refractivity contribution in [3.8, 4) is 5.75 Å². The number of fused-ring (bicyclic) bond motifs is 3. The van der Waals surface area contributed by atoms with Crippen molar-refractivity contribution in [1.82, 2.24) is 9.97 Å². The van der Waals surface area contributed by atoms with E-state index in [9.17, 15) is 4.79 Å². The van der Waals surface area contributed by atoms with E-state index in [-0.39, 0.29) is 19.0 Å². The Kier molecular flexibility index (Phi) is 5.43. The first-order valence-corrected chi connectivity index (χ1v) is 10.3. The number of esters is 1. The molecule has 0 bridgehead atoms. The molecular formula is C21H23N3O3S. The topological polar surface area (TPSA) is 87.3 Å². The second-order valence-electron chi connectivity index (χ2n) is 6.96. The summed E-state index contributed by atoms with van der Waals surface area (Å²) in [7, 11) is 1.61. The van der Waals surface area contributed by atoms with Crippen molar-refractivity contribution in [2.24, 2.45) is 0 Å². The summed E-state index contributed by atoms with van der Waals surface area (Å²) in [5.74, 6) is 1.37. The number of hydrogen-bond acceptors (Lipinski definition) is 7. The van der Waals surface area contributed by atoms with Crippen LogP contribution < -0.4 is 10.5 Å². The van der Waals surface area contributed by atoms with Gasteiger partial charge in [0, 0.05) is 4.88 Å². The van der Waals surface area contributed by atoms with E-state index >= 15 is 0 Å². The van der Waals surface area contributed by atoms with E-state index < -0.39 is 0 Å². The van der Waals surface area contributed by atoms with Gasteiger partial charge in [0.05, 0.1) is 18.9 Å². The lowest BCUT2D eigenvalue weighted by Crippen LogP contribution is -2.10. The number of benzene rings is 1. The summed E-state index contributed by atoms with van der Waals surface area (Å²) in [5, 5.41) is 0.996. The van der Waals surface area contributed by atoms with Crippen LogP contribution in [0.15, 0.2) is 24.3 Å². The predicted octanol–water partition coefficient (Wildman–Crippen LogP) is 3.84. The highest BCUT2D eigenvalue weighted by Gasteiger charge is 2.19. The van der Waals surface area contributed by atoms with Gasteiger partial charge in [0.15, 0.2) is 12.4 Å². The van der Waals surface area contributed by atoms with Crippen molar-refractivity contribution in [2.45, 2.75) is 45.1 Å². The van der Waals surface area contributed by atoms with E-state index in [2.05, 4.69) is 9.97 Å². The Labute approximate surface area is 167 Å². The lowest BCUT2D eigenvalue weighted by Gasteiger charge is -2.07. The van der Waals surface area contributed by atoms with Gasteiger partial charge in [-0.1, -0.05) is 18.6 Å². The summed E-state index contributed by atoms with van der Waals surface area (Å²) in [6.45, 7) is 0.0255. The van der Waals surface area contributed by atoms with Gasteiger partial charge < -0.3 is 15.2 Å². The number of thiophene rings is 1. The minimum atomic E-state index is -0.325. The third-order valence-corrected chi connectivity index (χ3v) is 6.19. The Morgan fingerprint density at radius 2 is 1.93 bits per heavy atom. The minimum absolute atomic E-state index is 0.0255. The number of rotatable bonds is 5. The minimum Gasteiger partial charge on any atom is -0.497 e. The second-order valence-corrected chi connectivity index (χ2v) is 8.04. The van der Waals surface area contributed by atoms with Crippen molar-refractivity contribution in [2.75, 3.05) is 12.8 Å². The quantitative estimate of drug-likeness (QED) is 0.520. The highest BCUT2D eigenvalue weighted by Crippen LogP contribution is 2.37. The predicted molar refractivity (Wildman–Crippen MR) is 110 cm³/mol. The average Bonchev–Trinajstić information content (AvgIpc) is 2.89. The van der Waals surface area contributed by atoms with E-state index in [0.29, 0.717) is 11.6 Å².